The molecule has 0 aliphatic heterocycles. The molecule has 0 aromatic heterocycles. The topological polar surface area (TPSA) is 78.9 Å². The van der Waals surface area contributed by atoms with Gasteiger partial charge >= 0.3 is 17.9 Å². The Morgan fingerprint density at radius 1 is 0.338 bits per heavy atom. The first-order valence-electron chi connectivity index (χ1n) is 26.4. The SMILES string of the molecule is CC/C=C/C/C=C/C/C=C/CCCCCCCCC(=O)OC(COC(=O)CC/C=C/C/C=C/CCCCCCCC)COC(=O)CCCCCCC/C=C/C=C/C=C/C=C/CCCCC. The number of rotatable bonds is 46. The molecule has 0 N–H and O–H groups in total. The minimum atomic E-state index is -0.819. The lowest BCUT2D eigenvalue weighted by Gasteiger charge is -2.18. The van der Waals surface area contributed by atoms with E-state index in [-0.39, 0.29) is 37.5 Å². The molecule has 0 aliphatic rings. The molecular weight excluding hydrogens is 805 g/mol. The van der Waals surface area contributed by atoms with Crippen molar-refractivity contribution in [3.63, 3.8) is 0 Å². The van der Waals surface area contributed by atoms with Crippen LogP contribution < -0.4 is 0 Å². The summed E-state index contributed by atoms with van der Waals surface area (Å²) in [5.74, 6) is -1.02. The van der Waals surface area contributed by atoms with Gasteiger partial charge in [0.05, 0.1) is 0 Å². The molecule has 6 nitrogen and oxygen atoms in total. The number of carbonyl (C=O) groups excluding carboxylic acids is 3. The normalized spacial score (nSPS) is 13.0. The van der Waals surface area contributed by atoms with Gasteiger partial charge in [0.15, 0.2) is 6.10 Å². The van der Waals surface area contributed by atoms with E-state index in [1.807, 2.05) is 6.08 Å². The Labute approximate surface area is 400 Å². The highest BCUT2D eigenvalue weighted by atomic mass is 16.6. The van der Waals surface area contributed by atoms with Crippen molar-refractivity contribution in [2.24, 2.45) is 0 Å². The molecule has 0 aromatic rings. The summed E-state index contributed by atoms with van der Waals surface area (Å²) in [5, 5.41) is 0. The standard InChI is InChI=1S/C59H96O6/c1-4-7-10-13-16-19-22-25-27-29-30-32-34-37-40-43-46-49-52-58(61)64-55-56(54-63-57(60)51-48-45-42-39-36-33-24-21-18-15-12-9-6-3)65-59(62)53-50-47-44-41-38-35-31-28-26-23-20-17-14-11-8-5-2/h8,11,16-17,19-20,22,25-30,32-33,36,42,45,56H,4-7,9-10,12-15,18,21,23-24,31,34-35,37-41,43-44,46-55H2,1-3H3/b11-8+,19-16+,20-17+,25-22+,28-26+,29-27+,32-30+,36-33+,45-42+. The third kappa shape index (κ3) is 50.9. The molecule has 0 aliphatic carbocycles. The maximum absolute atomic E-state index is 12.8. The number of carbonyl (C=O) groups is 3. The number of esters is 3. The summed E-state index contributed by atoms with van der Waals surface area (Å²) < 4.78 is 16.7. The lowest BCUT2D eigenvalue weighted by Crippen LogP contribution is -2.30. The molecule has 0 fully saturated rings. The van der Waals surface area contributed by atoms with Gasteiger partial charge in [0, 0.05) is 19.3 Å². The van der Waals surface area contributed by atoms with E-state index in [1.165, 1.54) is 70.6 Å². The molecule has 1 atom stereocenters. The van der Waals surface area contributed by atoms with Crippen LogP contribution in [0.3, 0.4) is 0 Å². The van der Waals surface area contributed by atoms with E-state index in [0.717, 1.165) is 109 Å². The Kier molecular flexibility index (Phi) is 49.5. The minimum absolute atomic E-state index is 0.115. The highest BCUT2D eigenvalue weighted by Gasteiger charge is 2.19. The van der Waals surface area contributed by atoms with Gasteiger partial charge in [-0.25, -0.2) is 0 Å². The zero-order chi connectivity index (χ0) is 47.2. The quantitative estimate of drug-likeness (QED) is 0.0199. The fourth-order valence-corrected chi connectivity index (χ4v) is 6.87. The molecule has 1 unspecified atom stereocenters. The predicted octanol–water partition coefficient (Wildman–Crippen LogP) is 17.5. The van der Waals surface area contributed by atoms with Gasteiger partial charge in [-0.1, -0.05) is 220 Å². The maximum Gasteiger partial charge on any atom is 0.306 e. The lowest BCUT2D eigenvalue weighted by atomic mass is 10.1. The van der Waals surface area contributed by atoms with Gasteiger partial charge in [-0.15, -0.1) is 0 Å². The first-order valence-corrected chi connectivity index (χ1v) is 26.4. The summed E-state index contributed by atoms with van der Waals surface area (Å²) in [6.45, 7) is 6.39. The van der Waals surface area contributed by atoms with Crippen LogP contribution in [-0.2, 0) is 28.6 Å². The Bertz CT molecular complexity index is 1360. The number of hydrogen-bond donors (Lipinski definition) is 0. The summed E-state index contributed by atoms with van der Waals surface area (Å²) in [6.07, 6.45) is 70.8. The van der Waals surface area contributed by atoms with Crippen LogP contribution in [0.4, 0.5) is 0 Å². The monoisotopic (exact) mass is 901 g/mol. The minimum Gasteiger partial charge on any atom is -0.462 e. The lowest BCUT2D eigenvalue weighted by molar-refractivity contribution is -0.166. The summed E-state index contributed by atoms with van der Waals surface area (Å²) in [4.78, 5) is 38.0. The van der Waals surface area contributed by atoms with Gasteiger partial charge in [-0.2, -0.15) is 0 Å². The number of ether oxygens (including phenoxy) is 3. The molecule has 0 aromatic carbocycles. The summed E-state index contributed by atoms with van der Waals surface area (Å²) in [5.41, 5.74) is 0. The molecule has 0 radical (unpaired) electrons. The Morgan fingerprint density at radius 2 is 0.692 bits per heavy atom. The molecule has 368 valence electrons. The van der Waals surface area contributed by atoms with Crippen LogP contribution >= 0.6 is 0 Å². The largest absolute Gasteiger partial charge is 0.462 e. The van der Waals surface area contributed by atoms with E-state index in [0.29, 0.717) is 19.3 Å². The smallest absolute Gasteiger partial charge is 0.306 e. The van der Waals surface area contributed by atoms with Crippen LogP contribution in [0.5, 0.6) is 0 Å². The third-order valence-electron chi connectivity index (χ3n) is 10.8. The summed E-state index contributed by atoms with van der Waals surface area (Å²) >= 11 is 0. The van der Waals surface area contributed by atoms with Crippen LogP contribution in [0.15, 0.2) is 109 Å². The van der Waals surface area contributed by atoms with Crippen LogP contribution in [-0.4, -0.2) is 37.2 Å². The zero-order valence-electron chi connectivity index (χ0n) is 42.0. The second-order valence-corrected chi connectivity index (χ2v) is 17.1. The fourth-order valence-electron chi connectivity index (χ4n) is 6.87. The van der Waals surface area contributed by atoms with Gasteiger partial charge in [0.25, 0.3) is 0 Å². The molecule has 0 spiro atoms. The first-order chi connectivity index (χ1) is 32.0. The summed E-state index contributed by atoms with van der Waals surface area (Å²) in [6, 6.07) is 0. The van der Waals surface area contributed by atoms with Crippen molar-refractivity contribution >= 4 is 17.9 Å². The number of hydrogen-bond acceptors (Lipinski definition) is 6. The van der Waals surface area contributed by atoms with Gasteiger partial charge in [-0.3, -0.25) is 14.4 Å². The van der Waals surface area contributed by atoms with Crippen molar-refractivity contribution < 1.29 is 28.6 Å². The fraction of sp³-hybridized carbons (Fsp3) is 0.644. The first kappa shape index (κ1) is 61.1. The molecule has 0 saturated carbocycles. The average molecular weight is 901 g/mol. The van der Waals surface area contributed by atoms with Crippen molar-refractivity contribution in [1.29, 1.82) is 0 Å². The predicted molar refractivity (Wildman–Crippen MR) is 279 cm³/mol. The second kappa shape index (κ2) is 52.7. The second-order valence-electron chi connectivity index (χ2n) is 17.1. The molecule has 0 bridgehead atoms. The van der Waals surface area contributed by atoms with Crippen LogP contribution in [0.2, 0.25) is 0 Å². The maximum atomic E-state index is 12.8. The van der Waals surface area contributed by atoms with Crippen LogP contribution in [0.1, 0.15) is 226 Å². The van der Waals surface area contributed by atoms with Gasteiger partial charge in [0.1, 0.15) is 13.2 Å². The van der Waals surface area contributed by atoms with Crippen molar-refractivity contribution in [1.82, 2.24) is 0 Å². The molecule has 0 heterocycles. The van der Waals surface area contributed by atoms with E-state index < -0.39 is 6.10 Å². The van der Waals surface area contributed by atoms with E-state index >= 15 is 0 Å². The van der Waals surface area contributed by atoms with Crippen LogP contribution in [0, 0.1) is 0 Å². The summed E-state index contributed by atoms with van der Waals surface area (Å²) in [7, 11) is 0. The van der Waals surface area contributed by atoms with E-state index in [4.69, 9.17) is 14.2 Å². The average Bonchev–Trinajstić information content (AvgIpc) is 3.30. The highest BCUT2D eigenvalue weighted by Crippen LogP contribution is 2.13. The van der Waals surface area contributed by atoms with Gasteiger partial charge < -0.3 is 14.2 Å². The Hall–Kier alpha value is -3.93. The Balaban J connectivity index is 4.53. The van der Waals surface area contributed by atoms with Gasteiger partial charge in [-0.05, 0) is 96.3 Å². The number of allylic oxidation sites excluding steroid dienone is 18. The van der Waals surface area contributed by atoms with Crippen LogP contribution in [0.25, 0.3) is 0 Å². The zero-order valence-corrected chi connectivity index (χ0v) is 42.0. The molecule has 0 rings (SSSR count). The molecule has 0 amide bonds. The van der Waals surface area contributed by atoms with E-state index in [2.05, 4.69) is 124 Å². The molecule has 6 heteroatoms. The molecular formula is C59H96O6. The van der Waals surface area contributed by atoms with Crippen molar-refractivity contribution in [3.05, 3.63) is 109 Å². The van der Waals surface area contributed by atoms with Crippen molar-refractivity contribution in [2.75, 3.05) is 13.2 Å². The van der Waals surface area contributed by atoms with E-state index in [1.54, 1.807) is 0 Å². The van der Waals surface area contributed by atoms with Crippen molar-refractivity contribution in [3.8, 4) is 0 Å². The molecule has 65 heavy (non-hydrogen) atoms. The van der Waals surface area contributed by atoms with Crippen molar-refractivity contribution in [2.45, 2.75) is 232 Å². The molecule has 0 saturated heterocycles. The van der Waals surface area contributed by atoms with Gasteiger partial charge in [0.2, 0.25) is 0 Å². The highest BCUT2D eigenvalue weighted by molar-refractivity contribution is 5.71. The van der Waals surface area contributed by atoms with E-state index in [9.17, 15) is 14.4 Å². The number of unbranched alkanes of at least 4 members (excludes halogenated alkanes) is 20. The Morgan fingerprint density at radius 3 is 1.20 bits per heavy atom. The third-order valence-corrected chi connectivity index (χ3v) is 10.8.